The van der Waals surface area contributed by atoms with Crippen LogP contribution < -0.4 is 5.32 Å². The summed E-state index contributed by atoms with van der Waals surface area (Å²) in [6, 6.07) is 6.13. The van der Waals surface area contributed by atoms with E-state index in [9.17, 15) is 0 Å². The van der Waals surface area contributed by atoms with Crippen LogP contribution in [0.4, 0.5) is 0 Å². The van der Waals surface area contributed by atoms with E-state index in [1.807, 2.05) is 37.0 Å². The highest BCUT2D eigenvalue weighted by Crippen LogP contribution is 2.30. The Hall–Kier alpha value is -0.840. The van der Waals surface area contributed by atoms with Gasteiger partial charge in [-0.05, 0) is 25.2 Å². The molecule has 0 aliphatic carbocycles. The molecule has 2 aromatic rings. The number of aryl methyl sites for hydroxylation is 1. The second-order valence-corrected chi connectivity index (χ2v) is 4.99. The summed E-state index contributed by atoms with van der Waals surface area (Å²) >= 11 is 7.52. The van der Waals surface area contributed by atoms with Crippen LogP contribution in [-0.2, 0) is 7.05 Å². The highest BCUT2D eigenvalue weighted by Gasteiger charge is 2.16. The molecular formula is C10H12ClN3S. The fourth-order valence-electron chi connectivity index (χ4n) is 1.59. The van der Waals surface area contributed by atoms with Crippen LogP contribution >= 0.6 is 22.9 Å². The van der Waals surface area contributed by atoms with Gasteiger partial charge in [-0.25, -0.2) is 0 Å². The van der Waals surface area contributed by atoms with Gasteiger partial charge in [-0.15, -0.1) is 11.3 Å². The van der Waals surface area contributed by atoms with Crippen LogP contribution in [0.25, 0.3) is 0 Å². The van der Waals surface area contributed by atoms with Crippen molar-refractivity contribution in [1.29, 1.82) is 0 Å². The molecule has 2 rings (SSSR count). The highest BCUT2D eigenvalue weighted by atomic mass is 35.5. The van der Waals surface area contributed by atoms with E-state index in [2.05, 4.69) is 10.4 Å². The van der Waals surface area contributed by atoms with Crippen LogP contribution in [0.5, 0.6) is 0 Å². The molecule has 1 N–H and O–H groups in total. The average molecular weight is 242 g/mol. The summed E-state index contributed by atoms with van der Waals surface area (Å²) in [6.45, 7) is 0. The molecule has 2 heterocycles. The van der Waals surface area contributed by atoms with Gasteiger partial charge in [-0.3, -0.25) is 4.68 Å². The van der Waals surface area contributed by atoms with Gasteiger partial charge in [0.05, 0.1) is 16.1 Å². The predicted molar refractivity (Wildman–Crippen MR) is 63.4 cm³/mol. The second-order valence-electron chi connectivity index (χ2n) is 3.24. The molecule has 1 unspecified atom stereocenters. The van der Waals surface area contributed by atoms with Crippen LogP contribution in [0, 0.1) is 0 Å². The smallest absolute Gasteiger partial charge is 0.0931 e. The molecule has 0 amide bonds. The summed E-state index contributed by atoms with van der Waals surface area (Å²) in [6.07, 6.45) is 1.80. The first-order chi connectivity index (χ1) is 7.22. The molecule has 1 atom stereocenters. The van der Waals surface area contributed by atoms with E-state index >= 15 is 0 Å². The lowest BCUT2D eigenvalue weighted by atomic mass is 10.2. The SMILES string of the molecule is CNC(c1ccc(Cl)s1)c1ccnn1C. The van der Waals surface area contributed by atoms with E-state index < -0.39 is 0 Å². The first-order valence-electron chi connectivity index (χ1n) is 4.62. The Kier molecular flexibility index (Phi) is 3.09. The molecule has 80 valence electrons. The average Bonchev–Trinajstić information content (AvgIpc) is 2.79. The van der Waals surface area contributed by atoms with Crippen LogP contribution in [0.2, 0.25) is 4.34 Å². The molecule has 0 aliphatic heterocycles. The molecule has 0 saturated heterocycles. The number of rotatable bonds is 3. The van der Waals surface area contributed by atoms with Crippen molar-refractivity contribution < 1.29 is 0 Å². The van der Waals surface area contributed by atoms with E-state index in [1.165, 1.54) is 4.88 Å². The van der Waals surface area contributed by atoms with E-state index in [0.717, 1.165) is 10.0 Å². The largest absolute Gasteiger partial charge is 0.307 e. The zero-order chi connectivity index (χ0) is 10.8. The van der Waals surface area contributed by atoms with Crippen molar-refractivity contribution in [2.24, 2.45) is 7.05 Å². The Labute approximate surface area is 97.7 Å². The maximum absolute atomic E-state index is 5.93. The van der Waals surface area contributed by atoms with Crippen LogP contribution in [-0.4, -0.2) is 16.8 Å². The van der Waals surface area contributed by atoms with Crippen molar-refractivity contribution in [2.75, 3.05) is 7.05 Å². The van der Waals surface area contributed by atoms with Gasteiger partial charge < -0.3 is 5.32 Å². The topological polar surface area (TPSA) is 29.9 Å². The van der Waals surface area contributed by atoms with Gasteiger partial charge in [0.15, 0.2) is 0 Å². The van der Waals surface area contributed by atoms with Gasteiger partial charge >= 0.3 is 0 Å². The molecule has 0 aliphatic rings. The number of thiophene rings is 1. The Morgan fingerprint density at radius 1 is 1.47 bits per heavy atom. The Morgan fingerprint density at radius 2 is 2.27 bits per heavy atom. The number of halogens is 1. The van der Waals surface area contributed by atoms with Crippen molar-refractivity contribution in [3.05, 3.63) is 39.3 Å². The summed E-state index contributed by atoms with van der Waals surface area (Å²) in [5.74, 6) is 0. The van der Waals surface area contributed by atoms with Crippen LogP contribution in [0.3, 0.4) is 0 Å². The Morgan fingerprint density at radius 3 is 2.73 bits per heavy atom. The molecule has 2 aromatic heterocycles. The quantitative estimate of drug-likeness (QED) is 0.895. The van der Waals surface area contributed by atoms with Crippen molar-refractivity contribution in [2.45, 2.75) is 6.04 Å². The molecule has 15 heavy (non-hydrogen) atoms. The standard InChI is InChI=1S/C10H12ClN3S/c1-12-10(7-5-6-13-14(7)2)8-3-4-9(11)15-8/h3-6,10,12H,1-2H3. The minimum atomic E-state index is 0.162. The third-order valence-corrected chi connectivity index (χ3v) is 3.62. The monoisotopic (exact) mass is 241 g/mol. The van der Waals surface area contributed by atoms with E-state index in [0.29, 0.717) is 0 Å². The van der Waals surface area contributed by atoms with Gasteiger partial charge in [-0.2, -0.15) is 5.10 Å². The van der Waals surface area contributed by atoms with Gasteiger partial charge in [0.25, 0.3) is 0 Å². The molecule has 5 heteroatoms. The summed E-state index contributed by atoms with van der Waals surface area (Å²) in [5, 5.41) is 7.43. The third kappa shape index (κ3) is 2.07. The number of nitrogens with one attached hydrogen (secondary N) is 1. The third-order valence-electron chi connectivity index (χ3n) is 2.32. The molecule has 0 bridgehead atoms. The fraction of sp³-hybridized carbons (Fsp3) is 0.300. The Balaban J connectivity index is 2.36. The number of hydrogen-bond acceptors (Lipinski definition) is 3. The number of aromatic nitrogens is 2. The van der Waals surface area contributed by atoms with E-state index in [-0.39, 0.29) is 6.04 Å². The lowest BCUT2D eigenvalue weighted by molar-refractivity contribution is 0.613. The molecule has 0 fully saturated rings. The highest BCUT2D eigenvalue weighted by molar-refractivity contribution is 7.16. The maximum atomic E-state index is 5.93. The van der Waals surface area contributed by atoms with Crippen LogP contribution in [0.15, 0.2) is 24.4 Å². The van der Waals surface area contributed by atoms with Gasteiger partial charge in [0.1, 0.15) is 0 Å². The lowest BCUT2D eigenvalue weighted by Crippen LogP contribution is -2.19. The normalized spacial score (nSPS) is 13.0. The van der Waals surface area contributed by atoms with E-state index in [1.54, 1.807) is 17.5 Å². The lowest BCUT2D eigenvalue weighted by Gasteiger charge is -2.14. The number of hydrogen-bond donors (Lipinski definition) is 1. The van der Waals surface area contributed by atoms with Gasteiger partial charge in [0.2, 0.25) is 0 Å². The van der Waals surface area contributed by atoms with Gasteiger partial charge in [0, 0.05) is 18.1 Å². The second kappa shape index (κ2) is 4.35. The minimum absolute atomic E-state index is 0.162. The first kappa shape index (κ1) is 10.7. The zero-order valence-corrected chi connectivity index (χ0v) is 10.1. The molecule has 0 radical (unpaired) electrons. The molecule has 3 nitrogen and oxygen atoms in total. The van der Waals surface area contributed by atoms with Crippen LogP contribution in [0.1, 0.15) is 16.6 Å². The summed E-state index contributed by atoms with van der Waals surface area (Å²) in [7, 11) is 3.88. The van der Waals surface area contributed by atoms with Crippen molar-refractivity contribution in [3.63, 3.8) is 0 Å². The minimum Gasteiger partial charge on any atom is -0.307 e. The summed E-state index contributed by atoms with van der Waals surface area (Å²) < 4.78 is 2.68. The molecule has 0 saturated carbocycles. The zero-order valence-electron chi connectivity index (χ0n) is 8.57. The van der Waals surface area contributed by atoms with Crippen molar-refractivity contribution in [1.82, 2.24) is 15.1 Å². The summed E-state index contributed by atoms with van der Waals surface area (Å²) in [5.41, 5.74) is 1.14. The van der Waals surface area contributed by atoms with E-state index in [4.69, 9.17) is 11.6 Å². The molecule has 0 aromatic carbocycles. The molecular weight excluding hydrogens is 230 g/mol. The summed E-state index contributed by atoms with van der Waals surface area (Å²) in [4.78, 5) is 1.20. The maximum Gasteiger partial charge on any atom is 0.0931 e. The number of nitrogens with zero attached hydrogens (tertiary/aromatic N) is 2. The molecule has 0 spiro atoms. The van der Waals surface area contributed by atoms with Gasteiger partial charge in [-0.1, -0.05) is 11.6 Å². The van der Waals surface area contributed by atoms with Crippen molar-refractivity contribution in [3.8, 4) is 0 Å². The predicted octanol–water partition coefficient (Wildman–Crippen LogP) is 2.44. The Bertz CT molecular complexity index is 449. The van der Waals surface area contributed by atoms with Crippen molar-refractivity contribution >= 4 is 22.9 Å². The fourth-order valence-corrected chi connectivity index (χ4v) is 2.77. The first-order valence-corrected chi connectivity index (χ1v) is 5.82.